The summed E-state index contributed by atoms with van der Waals surface area (Å²) in [5, 5.41) is 3.27. The highest BCUT2D eigenvalue weighted by Crippen LogP contribution is 2.22. The van der Waals surface area contributed by atoms with Crippen LogP contribution in [0.3, 0.4) is 0 Å². The van der Waals surface area contributed by atoms with E-state index in [1.807, 2.05) is 21.9 Å². The molecule has 0 radical (unpaired) electrons. The lowest BCUT2D eigenvalue weighted by molar-refractivity contribution is -0.128. The van der Waals surface area contributed by atoms with Crippen LogP contribution in [0.1, 0.15) is 55.8 Å². The molecule has 0 bridgehead atoms. The van der Waals surface area contributed by atoms with Crippen LogP contribution in [0.4, 0.5) is 5.82 Å². The second-order valence-corrected chi connectivity index (χ2v) is 7.39. The van der Waals surface area contributed by atoms with Gasteiger partial charge in [0, 0.05) is 45.3 Å². The van der Waals surface area contributed by atoms with E-state index in [1.165, 1.54) is 0 Å². The van der Waals surface area contributed by atoms with Gasteiger partial charge in [0.1, 0.15) is 5.82 Å². The van der Waals surface area contributed by atoms with Crippen LogP contribution in [0, 0.1) is 5.92 Å². The molecule has 0 atom stereocenters. The molecule has 3 rings (SSSR count). The minimum atomic E-state index is 0.0632. The molecule has 6 heteroatoms. The molecule has 142 valence electrons. The third kappa shape index (κ3) is 4.74. The minimum absolute atomic E-state index is 0.0632. The number of rotatable bonds is 7. The van der Waals surface area contributed by atoms with Crippen molar-refractivity contribution in [3.05, 3.63) is 23.9 Å². The smallest absolute Gasteiger partial charge is 0.255 e. The van der Waals surface area contributed by atoms with Crippen LogP contribution in [0.15, 0.2) is 18.3 Å². The molecular formula is C20H30N4O2. The average molecular weight is 358 g/mol. The van der Waals surface area contributed by atoms with Crippen LogP contribution in [-0.2, 0) is 4.79 Å². The molecule has 2 saturated heterocycles. The number of pyridine rings is 1. The standard InChI is InChI=1S/C20H30N4O2/c1-2-3-10-21-18-7-6-17(14-22-18)20(26)23-12-8-16(9-13-23)15-24-11-4-5-19(24)25/h6-7,14,16H,2-5,8-13,15H2,1H3,(H,21,22). The zero-order valence-corrected chi connectivity index (χ0v) is 15.7. The Kier molecular flexibility index (Phi) is 6.47. The lowest BCUT2D eigenvalue weighted by Crippen LogP contribution is -2.41. The number of carbonyl (C=O) groups excluding carboxylic acids is 2. The highest BCUT2D eigenvalue weighted by molar-refractivity contribution is 5.94. The van der Waals surface area contributed by atoms with E-state index in [9.17, 15) is 9.59 Å². The molecule has 6 nitrogen and oxygen atoms in total. The number of carbonyl (C=O) groups is 2. The van der Waals surface area contributed by atoms with E-state index >= 15 is 0 Å². The van der Waals surface area contributed by atoms with Gasteiger partial charge in [-0.2, -0.15) is 0 Å². The van der Waals surface area contributed by atoms with Crippen LogP contribution < -0.4 is 5.32 Å². The Hall–Kier alpha value is -2.11. The van der Waals surface area contributed by atoms with Crippen molar-refractivity contribution in [3.8, 4) is 0 Å². The first kappa shape index (κ1) is 18.7. The zero-order valence-electron chi connectivity index (χ0n) is 15.7. The molecule has 0 saturated carbocycles. The van der Waals surface area contributed by atoms with Gasteiger partial charge in [-0.3, -0.25) is 9.59 Å². The number of hydrogen-bond donors (Lipinski definition) is 1. The summed E-state index contributed by atoms with van der Waals surface area (Å²) in [7, 11) is 0. The number of aromatic nitrogens is 1. The molecule has 1 N–H and O–H groups in total. The molecule has 0 spiro atoms. The Morgan fingerprint density at radius 2 is 2.08 bits per heavy atom. The van der Waals surface area contributed by atoms with E-state index in [2.05, 4.69) is 17.2 Å². The third-order valence-electron chi connectivity index (χ3n) is 5.40. The number of piperidine rings is 1. The monoisotopic (exact) mass is 358 g/mol. The zero-order chi connectivity index (χ0) is 18.4. The maximum Gasteiger partial charge on any atom is 0.255 e. The number of hydrogen-bond acceptors (Lipinski definition) is 4. The fourth-order valence-electron chi connectivity index (χ4n) is 3.73. The van der Waals surface area contributed by atoms with Crippen molar-refractivity contribution in [2.24, 2.45) is 5.92 Å². The Balaban J connectivity index is 1.46. The summed E-state index contributed by atoms with van der Waals surface area (Å²) in [4.78, 5) is 32.7. The molecule has 0 unspecified atom stereocenters. The van der Waals surface area contributed by atoms with Crippen molar-refractivity contribution < 1.29 is 9.59 Å². The Labute approximate surface area is 156 Å². The summed E-state index contributed by atoms with van der Waals surface area (Å²) in [6.07, 6.45) is 7.57. The Morgan fingerprint density at radius 3 is 2.69 bits per heavy atom. The summed E-state index contributed by atoms with van der Waals surface area (Å²) in [6.45, 7) is 6.36. The van der Waals surface area contributed by atoms with Crippen molar-refractivity contribution in [1.82, 2.24) is 14.8 Å². The van der Waals surface area contributed by atoms with Gasteiger partial charge in [-0.05, 0) is 43.7 Å². The fourth-order valence-corrected chi connectivity index (χ4v) is 3.73. The quantitative estimate of drug-likeness (QED) is 0.761. The maximum absolute atomic E-state index is 12.7. The predicted molar refractivity (Wildman–Crippen MR) is 102 cm³/mol. The topological polar surface area (TPSA) is 65.5 Å². The molecular weight excluding hydrogens is 328 g/mol. The SMILES string of the molecule is CCCCNc1ccc(C(=O)N2CCC(CN3CCCC3=O)CC2)cn1. The van der Waals surface area contributed by atoms with Gasteiger partial charge in [-0.25, -0.2) is 4.98 Å². The van der Waals surface area contributed by atoms with Crippen LogP contribution in [0.5, 0.6) is 0 Å². The van der Waals surface area contributed by atoms with E-state index in [1.54, 1.807) is 6.20 Å². The van der Waals surface area contributed by atoms with Gasteiger partial charge < -0.3 is 15.1 Å². The van der Waals surface area contributed by atoms with Gasteiger partial charge in [-0.1, -0.05) is 13.3 Å². The largest absolute Gasteiger partial charge is 0.370 e. The molecule has 0 aliphatic carbocycles. The Bertz CT molecular complexity index is 609. The van der Waals surface area contributed by atoms with Gasteiger partial charge in [0.2, 0.25) is 5.91 Å². The van der Waals surface area contributed by atoms with Gasteiger partial charge in [0.25, 0.3) is 5.91 Å². The summed E-state index contributed by atoms with van der Waals surface area (Å²) in [5.41, 5.74) is 0.652. The number of unbranched alkanes of at least 4 members (excludes halogenated alkanes) is 1. The van der Waals surface area contributed by atoms with Crippen molar-refractivity contribution in [1.29, 1.82) is 0 Å². The second-order valence-electron chi connectivity index (χ2n) is 7.39. The van der Waals surface area contributed by atoms with E-state index < -0.39 is 0 Å². The number of nitrogens with one attached hydrogen (secondary N) is 1. The van der Waals surface area contributed by atoms with Crippen molar-refractivity contribution >= 4 is 17.6 Å². The number of nitrogens with zero attached hydrogens (tertiary/aromatic N) is 3. The van der Waals surface area contributed by atoms with Gasteiger partial charge >= 0.3 is 0 Å². The molecule has 0 aromatic carbocycles. The van der Waals surface area contributed by atoms with Crippen LogP contribution in [0.25, 0.3) is 0 Å². The van der Waals surface area contributed by atoms with E-state index in [0.717, 1.165) is 70.6 Å². The number of amides is 2. The van der Waals surface area contributed by atoms with E-state index in [-0.39, 0.29) is 5.91 Å². The molecule has 2 amide bonds. The van der Waals surface area contributed by atoms with Gasteiger partial charge in [0.15, 0.2) is 0 Å². The maximum atomic E-state index is 12.7. The first-order chi connectivity index (χ1) is 12.7. The predicted octanol–water partition coefficient (Wildman–Crippen LogP) is 2.77. The Morgan fingerprint density at radius 1 is 1.27 bits per heavy atom. The fraction of sp³-hybridized carbons (Fsp3) is 0.650. The highest BCUT2D eigenvalue weighted by atomic mass is 16.2. The lowest BCUT2D eigenvalue weighted by Gasteiger charge is -2.34. The van der Waals surface area contributed by atoms with Crippen LogP contribution >= 0.6 is 0 Å². The number of anilines is 1. The normalized spacial score (nSPS) is 18.4. The van der Waals surface area contributed by atoms with Crippen LogP contribution in [0.2, 0.25) is 0 Å². The first-order valence-corrected chi connectivity index (χ1v) is 9.94. The first-order valence-electron chi connectivity index (χ1n) is 9.94. The van der Waals surface area contributed by atoms with Gasteiger partial charge in [0.05, 0.1) is 5.56 Å². The summed E-state index contributed by atoms with van der Waals surface area (Å²) in [5.74, 6) is 1.70. The second kappa shape index (κ2) is 9.01. The lowest BCUT2D eigenvalue weighted by atomic mass is 9.96. The van der Waals surface area contributed by atoms with Crippen molar-refractivity contribution in [3.63, 3.8) is 0 Å². The highest BCUT2D eigenvalue weighted by Gasteiger charge is 2.28. The van der Waals surface area contributed by atoms with E-state index in [4.69, 9.17) is 0 Å². The molecule has 2 aliphatic rings. The van der Waals surface area contributed by atoms with Crippen molar-refractivity contribution in [2.45, 2.75) is 45.4 Å². The molecule has 3 heterocycles. The third-order valence-corrected chi connectivity index (χ3v) is 5.40. The molecule has 1 aromatic rings. The molecule has 1 aromatic heterocycles. The number of likely N-dealkylation sites (tertiary alicyclic amines) is 2. The van der Waals surface area contributed by atoms with Crippen molar-refractivity contribution in [2.75, 3.05) is 38.0 Å². The van der Waals surface area contributed by atoms with Gasteiger partial charge in [-0.15, -0.1) is 0 Å². The molecule has 2 fully saturated rings. The molecule has 26 heavy (non-hydrogen) atoms. The van der Waals surface area contributed by atoms with Crippen LogP contribution in [-0.4, -0.2) is 59.3 Å². The summed E-state index contributed by atoms with van der Waals surface area (Å²) in [6, 6.07) is 3.74. The summed E-state index contributed by atoms with van der Waals surface area (Å²) >= 11 is 0. The molecule has 2 aliphatic heterocycles. The summed E-state index contributed by atoms with van der Waals surface area (Å²) < 4.78 is 0. The average Bonchev–Trinajstić information content (AvgIpc) is 3.07. The minimum Gasteiger partial charge on any atom is -0.370 e. The van der Waals surface area contributed by atoms with E-state index in [0.29, 0.717) is 23.8 Å².